The molecular formula is C15H21N3O4. The fraction of sp³-hybridized carbons (Fsp3) is 0.533. The molecule has 0 saturated carbocycles. The molecule has 120 valence electrons. The molecule has 0 saturated heterocycles. The molecular weight excluding hydrogens is 286 g/mol. The third kappa shape index (κ3) is 4.60. The smallest absolute Gasteiger partial charge is 0.412 e. The van der Waals surface area contributed by atoms with Crippen molar-refractivity contribution in [1.29, 1.82) is 0 Å². The van der Waals surface area contributed by atoms with Crippen LogP contribution in [-0.2, 0) is 9.47 Å². The minimum atomic E-state index is -0.694. The lowest BCUT2D eigenvalue weighted by atomic mass is 9.84. The number of nitrogens with one attached hydrogen (secondary N) is 2. The Bertz CT molecular complexity index is 600. The summed E-state index contributed by atoms with van der Waals surface area (Å²) in [6.07, 6.45) is 7.42. The number of aromatic nitrogens is 2. The predicted octanol–water partition coefficient (Wildman–Crippen LogP) is 1.75. The fourth-order valence-electron chi connectivity index (χ4n) is 1.97. The Morgan fingerprint density at radius 2 is 2.14 bits per heavy atom. The van der Waals surface area contributed by atoms with Crippen molar-refractivity contribution in [2.45, 2.75) is 26.7 Å². The van der Waals surface area contributed by atoms with E-state index >= 15 is 0 Å². The van der Waals surface area contributed by atoms with Crippen LogP contribution in [0.25, 0.3) is 0 Å². The number of amides is 1. The average molecular weight is 307 g/mol. The summed E-state index contributed by atoms with van der Waals surface area (Å²) in [5.41, 5.74) is -0.567. The second-order valence-corrected chi connectivity index (χ2v) is 4.96. The molecule has 7 nitrogen and oxygen atoms in total. The highest BCUT2D eigenvalue weighted by atomic mass is 16.6. The van der Waals surface area contributed by atoms with Crippen molar-refractivity contribution in [3.63, 3.8) is 0 Å². The summed E-state index contributed by atoms with van der Waals surface area (Å²) in [5, 5.41) is 2.43. The number of carbonyl (C=O) groups excluding carboxylic acids is 1. The predicted molar refractivity (Wildman–Crippen MR) is 82.7 cm³/mol. The van der Waals surface area contributed by atoms with Gasteiger partial charge in [-0.3, -0.25) is 10.3 Å². The standard InChI is InChI=1S/C15H21N3O4/c1-5-11-8-16-13(19)17-12(11)18-14(20)22-10-15(6-2,7-3)9-21-4/h1,8H,6-7,9-10H2,2-4H3,(H2,16,17,18,19,20). The Morgan fingerprint density at radius 3 is 2.68 bits per heavy atom. The molecule has 0 aliphatic carbocycles. The van der Waals surface area contributed by atoms with E-state index in [1.807, 2.05) is 13.8 Å². The molecule has 1 aromatic rings. The number of aromatic amines is 1. The normalized spacial score (nSPS) is 10.8. The van der Waals surface area contributed by atoms with Gasteiger partial charge in [0, 0.05) is 12.5 Å². The number of nitrogens with zero attached hydrogens (tertiary/aromatic N) is 1. The first-order valence-corrected chi connectivity index (χ1v) is 6.99. The van der Waals surface area contributed by atoms with Crippen LogP contribution in [0.5, 0.6) is 0 Å². The van der Waals surface area contributed by atoms with Crippen LogP contribution in [0.2, 0.25) is 0 Å². The monoisotopic (exact) mass is 307 g/mol. The van der Waals surface area contributed by atoms with Crippen molar-refractivity contribution in [3.05, 3.63) is 22.2 Å². The molecule has 1 rings (SSSR count). The van der Waals surface area contributed by atoms with E-state index in [1.165, 1.54) is 6.20 Å². The van der Waals surface area contributed by atoms with Gasteiger partial charge >= 0.3 is 11.8 Å². The molecule has 22 heavy (non-hydrogen) atoms. The van der Waals surface area contributed by atoms with Gasteiger partial charge < -0.3 is 9.47 Å². The van der Waals surface area contributed by atoms with Gasteiger partial charge in [-0.1, -0.05) is 19.8 Å². The highest BCUT2D eigenvalue weighted by Crippen LogP contribution is 2.27. The maximum absolute atomic E-state index is 11.9. The van der Waals surface area contributed by atoms with Crippen LogP contribution in [0.15, 0.2) is 11.0 Å². The van der Waals surface area contributed by atoms with Gasteiger partial charge in [-0.25, -0.2) is 14.6 Å². The van der Waals surface area contributed by atoms with Crippen molar-refractivity contribution >= 4 is 11.9 Å². The maximum Gasteiger partial charge on any atom is 0.412 e. The molecule has 1 amide bonds. The first kappa shape index (κ1) is 17.7. The average Bonchev–Trinajstić information content (AvgIpc) is 2.52. The quantitative estimate of drug-likeness (QED) is 0.749. The molecule has 0 fully saturated rings. The van der Waals surface area contributed by atoms with E-state index in [0.717, 1.165) is 12.8 Å². The van der Waals surface area contributed by atoms with Crippen molar-refractivity contribution in [1.82, 2.24) is 9.97 Å². The highest BCUT2D eigenvalue weighted by Gasteiger charge is 2.28. The minimum Gasteiger partial charge on any atom is -0.449 e. The van der Waals surface area contributed by atoms with Crippen LogP contribution < -0.4 is 11.0 Å². The van der Waals surface area contributed by atoms with Crippen LogP contribution in [0.3, 0.4) is 0 Å². The molecule has 1 aromatic heterocycles. The molecule has 0 radical (unpaired) electrons. The van der Waals surface area contributed by atoms with E-state index in [9.17, 15) is 9.59 Å². The van der Waals surface area contributed by atoms with E-state index in [4.69, 9.17) is 15.9 Å². The topological polar surface area (TPSA) is 93.3 Å². The molecule has 0 unspecified atom stereocenters. The van der Waals surface area contributed by atoms with Crippen LogP contribution in [-0.4, -0.2) is 36.4 Å². The van der Waals surface area contributed by atoms with Crippen LogP contribution in [0.4, 0.5) is 10.6 Å². The lowest BCUT2D eigenvalue weighted by Gasteiger charge is -2.30. The van der Waals surface area contributed by atoms with Crippen molar-refractivity contribution in [3.8, 4) is 12.3 Å². The van der Waals surface area contributed by atoms with Crippen molar-refractivity contribution in [2.24, 2.45) is 5.41 Å². The summed E-state index contributed by atoms with van der Waals surface area (Å²) < 4.78 is 10.4. The number of hydrogen-bond donors (Lipinski definition) is 2. The third-order valence-corrected chi connectivity index (χ3v) is 3.65. The van der Waals surface area contributed by atoms with Gasteiger partial charge in [0.05, 0.1) is 18.4 Å². The van der Waals surface area contributed by atoms with Crippen LogP contribution in [0, 0.1) is 17.8 Å². The van der Waals surface area contributed by atoms with Gasteiger partial charge in [0.2, 0.25) is 0 Å². The Hall–Kier alpha value is -2.33. The summed E-state index contributed by atoms with van der Waals surface area (Å²) >= 11 is 0. The number of terminal acetylenes is 1. The first-order valence-electron chi connectivity index (χ1n) is 6.99. The van der Waals surface area contributed by atoms with Crippen molar-refractivity contribution < 1.29 is 14.3 Å². The van der Waals surface area contributed by atoms with Gasteiger partial charge in [0.15, 0.2) is 0 Å². The lowest BCUT2D eigenvalue weighted by Crippen LogP contribution is -2.33. The molecule has 1 heterocycles. The van der Waals surface area contributed by atoms with Gasteiger partial charge in [-0.05, 0) is 12.8 Å². The van der Waals surface area contributed by atoms with Crippen molar-refractivity contribution in [2.75, 3.05) is 25.6 Å². The van der Waals surface area contributed by atoms with Crippen LogP contribution >= 0.6 is 0 Å². The fourth-order valence-corrected chi connectivity index (χ4v) is 1.97. The molecule has 0 aliphatic rings. The SMILES string of the molecule is C#Cc1cnc(=O)[nH]c1NC(=O)OCC(CC)(CC)COC. The number of ether oxygens (including phenoxy) is 2. The molecule has 7 heteroatoms. The second kappa shape index (κ2) is 8.20. The Kier molecular flexibility index (Phi) is 6.60. The zero-order chi connectivity index (χ0) is 16.6. The van der Waals surface area contributed by atoms with Gasteiger partial charge in [0.25, 0.3) is 0 Å². The summed E-state index contributed by atoms with van der Waals surface area (Å²) in [6.45, 7) is 4.73. The van der Waals surface area contributed by atoms with E-state index in [0.29, 0.717) is 6.61 Å². The number of carbonyl (C=O) groups is 1. The molecule has 0 aromatic carbocycles. The second-order valence-electron chi connectivity index (χ2n) is 4.96. The number of anilines is 1. The number of rotatable bonds is 7. The summed E-state index contributed by atoms with van der Waals surface area (Å²) in [5.74, 6) is 2.42. The lowest BCUT2D eigenvalue weighted by molar-refractivity contribution is 0.0166. The zero-order valence-electron chi connectivity index (χ0n) is 13.1. The number of hydrogen-bond acceptors (Lipinski definition) is 5. The summed E-state index contributed by atoms with van der Waals surface area (Å²) in [7, 11) is 1.61. The molecule has 0 spiro atoms. The summed E-state index contributed by atoms with van der Waals surface area (Å²) in [4.78, 5) is 28.9. The third-order valence-electron chi connectivity index (χ3n) is 3.65. The Balaban J connectivity index is 2.73. The Morgan fingerprint density at radius 1 is 1.45 bits per heavy atom. The minimum absolute atomic E-state index is 0.0952. The Labute approximate surface area is 129 Å². The van der Waals surface area contributed by atoms with Gasteiger partial charge in [0.1, 0.15) is 12.4 Å². The van der Waals surface area contributed by atoms with Gasteiger partial charge in [-0.15, -0.1) is 6.42 Å². The largest absolute Gasteiger partial charge is 0.449 e. The van der Waals surface area contributed by atoms with E-state index < -0.39 is 11.8 Å². The van der Waals surface area contributed by atoms with E-state index in [2.05, 4.69) is 21.2 Å². The van der Waals surface area contributed by atoms with Crippen LogP contribution in [0.1, 0.15) is 32.3 Å². The highest BCUT2D eigenvalue weighted by molar-refractivity contribution is 5.84. The van der Waals surface area contributed by atoms with Gasteiger partial charge in [-0.2, -0.15) is 0 Å². The number of methoxy groups -OCH3 is 1. The maximum atomic E-state index is 11.9. The molecule has 2 N–H and O–H groups in total. The molecule has 0 aliphatic heterocycles. The molecule has 0 bridgehead atoms. The zero-order valence-corrected chi connectivity index (χ0v) is 13.1. The molecule has 0 atom stereocenters. The van der Waals surface area contributed by atoms with E-state index in [1.54, 1.807) is 7.11 Å². The summed E-state index contributed by atoms with van der Waals surface area (Å²) in [6, 6.07) is 0. The van der Waals surface area contributed by atoms with E-state index in [-0.39, 0.29) is 23.4 Å². The first-order chi connectivity index (χ1) is 10.5. The number of H-pyrrole nitrogens is 1.